The van der Waals surface area contributed by atoms with Gasteiger partial charge in [-0.3, -0.25) is 0 Å². The van der Waals surface area contributed by atoms with Gasteiger partial charge in [0.25, 0.3) is 0 Å². The van der Waals surface area contributed by atoms with Gasteiger partial charge in [0.05, 0.1) is 12.8 Å². The zero-order chi connectivity index (χ0) is 12.3. The minimum Gasteiger partial charge on any atom is -0.480 e. The molecule has 1 unspecified atom stereocenters. The summed E-state index contributed by atoms with van der Waals surface area (Å²) in [4.78, 5) is 4.22. The first-order valence-corrected chi connectivity index (χ1v) is 7.12. The van der Waals surface area contributed by atoms with Crippen LogP contribution in [0.4, 0.5) is 5.69 Å². The van der Waals surface area contributed by atoms with Gasteiger partial charge in [-0.2, -0.15) is 11.8 Å². The molecule has 4 heteroatoms. The number of hydrogen-bond donors (Lipinski definition) is 1. The first-order valence-electron chi connectivity index (χ1n) is 5.97. The van der Waals surface area contributed by atoms with Crippen molar-refractivity contribution in [1.29, 1.82) is 0 Å². The Bertz CT molecular complexity index is 381. The maximum Gasteiger partial charge on any atom is 0.237 e. The SMILES string of the molecule is COc1ncccc1NC1CSCCC1(C)C. The molecule has 0 aliphatic carbocycles. The van der Waals surface area contributed by atoms with E-state index < -0.39 is 0 Å². The van der Waals surface area contributed by atoms with Crippen LogP contribution in [0.25, 0.3) is 0 Å². The van der Waals surface area contributed by atoms with E-state index in [0.717, 1.165) is 11.4 Å². The highest BCUT2D eigenvalue weighted by atomic mass is 32.2. The molecule has 0 aromatic carbocycles. The molecule has 2 rings (SSSR count). The molecule has 1 aliphatic rings. The highest BCUT2D eigenvalue weighted by Crippen LogP contribution is 2.37. The quantitative estimate of drug-likeness (QED) is 0.896. The van der Waals surface area contributed by atoms with Gasteiger partial charge in [0.2, 0.25) is 5.88 Å². The molecule has 1 fully saturated rings. The van der Waals surface area contributed by atoms with Gasteiger partial charge in [-0.25, -0.2) is 4.98 Å². The first-order chi connectivity index (χ1) is 8.13. The van der Waals surface area contributed by atoms with Crippen molar-refractivity contribution < 1.29 is 4.74 Å². The molecule has 0 radical (unpaired) electrons. The number of pyridine rings is 1. The molecule has 0 saturated carbocycles. The number of methoxy groups -OCH3 is 1. The fourth-order valence-corrected chi connectivity index (χ4v) is 3.63. The van der Waals surface area contributed by atoms with Gasteiger partial charge in [0, 0.05) is 18.0 Å². The van der Waals surface area contributed by atoms with E-state index in [1.165, 1.54) is 12.2 Å². The maximum atomic E-state index is 5.27. The van der Waals surface area contributed by atoms with Crippen LogP contribution >= 0.6 is 11.8 Å². The summed E-state index contributed by atoms with van der Waals surface area (Å²) in [5, 5.41) is 3.58. The third kappa shape index (κ3) is 2.86. The largest absolute Gasteiger partial charge is 0.480 e. The Labute approximate surface area is 107 Å². The standard InChI is InChI=1S/C13H20N2OS/c1-13(2)6-8-17-9-11(13)15-10-5-4-7-14-12(10)16-3/h4-5,7,11,15H,6,8-9H2,1-3H3. The van der Waals surface area contributed by atoms with Crippen LogP contribution in [0.2, 0.25) is 0 Å². The summed E-state index contributed by atoms with van der Waals surface area (Å²) in [5.41, 5.74) is 1.32. The summed E-state index contributed by atoms with van der Waals surface area (Å²) in [6.45, 7) is 4.65. The second kappa shape index (κ2) is 5.17. The highest BCUT2D eigenvalue weighted by molar-refractivity contribution is 7.99. The molecule has 94 valence electrons. The molecule has 1 aromatic heterocycles. The van der Waals surface area contributed by atoms with Crippen molar-refractivity contribution >= 4 is 17.4 Å². The Morgan fingerprint density at radius 2 is 2.35 bits per heavy atom. The van der Waals surface area contributed by atoms with Gasteiger partial charge in [0.1, 0.15) is 0 Å². The molecule has 1 saturated heterocycles. The van der Waals surface area contributed by atoms with Crippen molar-refractivity contribution in [2.24, 2.45) is 5.41 Å². The van der Waals surface area contributed by atoms with Crippen molar-refractivity contribution in [3.05, 3.63) is 18.3 Å². The Morgan fingerprint density at radius 1 is 1.53 bits per heavy atom. The van der Waals surface area contributed by atoms with Crippen LogP contribution in [0.3, 0.4) is 0 Å². The predicted molar refractivity (Wildman–Crippen MR) is 73.9 cm³/mol. The smallest absolute Gasteiger partial charge is 0.237 e. The summed E-state index contributed by atoms with van der Waals surface area (Å²) < 4.78 is 5.27. The molecule has 0 bridgehead atoms. The van der Waals surface area contributed by atoms with Gasteiger partial charge in [-0.15, -0.1) is 0 Å². The van der Waals surface area contributed by atoms with E-state index in [9.17, 15) is 0 Å². The van der Waals surface area contributed by atoms with Crippen LogP contribution in [0, 0.1) is 5.41 Å². The summed E-state index contributed by atoms with van der Waals surface area (Å²) in [5.74, 6) is 3.08. The number of aromatic nitrogens is 1. The van der Waals surface area contributed by atoms with Crippen LogP contribution < -0.4 is 10.1 Å². The van der Waals surface area contributed by atoms with E-state index in [2.05, 4.69) is 24.1 Å². The monoisotopic (exact) mass is 252 g/mol. The van der Waals surface area contributed by atoms with Crippen molar-refractivity contribution in [2.45, 2.75) is 26.3 Å². The van der Waals surface area contributed by atoms with E-state index in [4.69, 9.17) is 4.74 Å². The Balaban J connectivity index is 2.14. The molecule has 1 atom stereocenters. The summed E-state index contributed by atoms with van der Waals surface area (Å²) in [6.07, 6.45) is 3.00. The van der Waals surface area contributed by atoms with E-state index >= 15 is 0 Å². The summed E-state index contributed by atoms with van der Waals surface area (Å²) in [6, 6.07) is 4.44. The van der Waals surface area contributed by atoms with E-state index in [0.29, 0.717) is 17.3 Å². The van der Waals surface area contributed by atoms with Crippen LogP contribution in [-0.2, 0) is 0 Å². The third-order valence-corrected chi connectivity index (χ3v) is 4.47. The molecule has 0 spiro atoms. The van der Waals surface area contributed by atoms with Gasteiger partial charge < -0.3 is 10.1 Å². The zero-order valence-corrected chi connectivity index (χ0v) is 11.5. The van der Waals surface area contributed by atoms with Crippen molar-refractivity contribution in [3.8, 4) is 5.88 Å². The maximum absolute atomic E-state index is 5.27. The number of thioether (sulfide) groups is 1. The van der Waals surface area contributed by atoms with Crippen molar-refractivity contribution in [1.82, 2.24) is 4.98 Å². The summed E-state index contributed by atoms with van der Waals surface area (Å²) >= 11 is 2.01. The molecule has 17 heavy (non-hydrogen) atoms. The zero-order valence-electron chi connectivity index (χ0n) is 10.7. The van der Waals surface area contributed by atoms with Crippen LogP contribution in [-0.4, -0.2) is 29.6 Å². The molecule has 2 heterocycles. The topological polar surface area (TPSA) is 34.1 Å². The van der Waals surface area contributed by atoms with Gasteiger partial charge in [-0.1, -0.05) is 13.8 Å². The summed E-state index contributed by atoms with van der Waals surface area (Å²) in [7, 11) is 1.66. The molecule has 1 aliphatic heterocycles. The fourth-order valence-electron chi connectivity index (χ4n) is 2.02. The van der Waals surface area contributed by atoms with Gasteiger partial charge >= 0.3 is 0 Å². The lowest BCUT2D eigenvalue weighted by molar-refractivity contribution is 0.304. The van der Waals surface area contributed by atoms with Gasteiger partial charge in [-0.05, 0) is 29.7 Å². The van der Waals surface area contributed by atoms with Crippen LogP contribution in [0.15, 0.2) is 18.3 Å². The molecule has 1 N–H and O–H groups in total. The van der Waals surface area contributed by atoms with Crippen molar-refractivity contribution in [2.75, 3.05) is 23.9 Å². The Kier molecular flexibility index (Phi) is 3.82. The molecule has 0 amide bonds. The molecule has 3 nitrogen and oxygen atoms in total. The van der Waals surface area contributed by atoms with Crippen LogP contribution in [0.1, 0.15) is 20.3 Å². The van der Waals surface area contributed by atoms with E-state index in [1.807, 2.05) is 23.9 Å². The van der Waals surface area contributed by atoms with E-state index in [1.54, 1.807) is 13.3 Å². The number of anilines is 1. The highest BCUT2D eigenvalue weighted by Gasteiger charge is 2.32. The minimum absolute atomic E-state index is 0.325. The average Bonchev–Trinajstić information content (AvgIpc) is 2.32. The number of ether oxygens (including phenoxy) is 1. The second-order valence-electron chi connectivity index (χ2n) is 5.07. The minimum atomic E-state index is 0.325. The lowest BCUT2D eigenvalue weighted by atomic mass is 9.82. The molecular formula is C13H20N2OS. The Morgan fingerprint density at radius 3 is 3.06 bits per heavy atom. The lowest BCUT2D eigenvalue weighted by Crippen LogP contribution is -2.41. The Hall–Kier alpha value is -0.900. The van der Waals surface area contributed by atoms with Crippen LogP contribution in [0.5, 0.6) is 5.88 Å². The third-order valence-electron chi connectivity index (χ3n) is 3.41. The first kappa shape index (κ1) is 12.6. The fraction of sp³-hybridized carbons (Fsp3) is 0.615. The molecule has 1 aromatic rings. The van der Waals surface area contributed by atoms with E-state index in [-0.39, 0.29) is 0 Å². The predicted octanol–water partition coefficient (Wildman–Crippen LogP) is 3.03. The molecular weight excluding hydrogens is 232 g/mol. The van der Waals surface area contributed by atoms with Crippen molar-refractivity contribution in [3.63, 3.8) is 0 Å². The van der Waals surface area contributed by atoms with Gasteiger partial charge in [0.15, 0.2) is 0 Å². The average molecular weight is 252 g/mol. The lowest BCUT2D eigenvalue weighted by Gasteiger charge is -2.39. The second-order valence-corrected chi connectivity index (χ2v) is 6.22. The number of nitrogens with zero attached hydrogens (tertiary/aromatic N) is 1. The number of hydrogen-bond acceptors (Lipinski definition) is 4. The number of nitrogens with one attached hydrogen (secondary N) is 1. The normalized spacial score (nSPS) is 23.1. The number of rotatable bonds is 3.